The number of hydrogen-bond acceptors (Lipinski definition) is 3. The summed E-state index contributed by atoms with van der Waals surface area (Å²) >= 11 is 5.97. The van der Waals surface area contributed by atoms with Crippen LogP contribution in [0.3, 0.4) is 0 Å². The topological polar surface area (TPSA) is 60.1 Å². The molecule has 0 saturated heterocycles. The summed E-state index contributed by atoms with van der Waals surface area (Å²) in [4.78, 5) is 11.8. The molecular weight excluding hydrogens is 309 g/mol. The van der Waals surface area contributed by atoms with Crippen molar-refractivity contribution in [3.05, 3.63) is 71.2 Å². The molecule has 0 spiro atoms. The van der Waals surface area contributed by atoms with Crippen LogP contribution in [0.4, 0.5) is 10.1 Å². The highest BCUT2D eigenvalue weighted by Gasteiger charge is 2.10. The SMILES string of the molecule is O=C(Nc1cnn(Cc2ccc(F)cc2Cl)c1)c1ccco1. The van der Waals surface area contributed by atoms with Crippen molar-refractivity contribution in [2.75, 3.05) is 5.32 Å². The lowest BCUT2D eigenvalue weighted by Crippen LogP contribution is -2.10. The van der Waals surface area contributed by atoms with E-state index in [9.17, 15) is 9.18 Å². The molecule has 0 aliphatic heterocycles. The second-order valence-electron chi connectivity index (χ2n) is 4.59. The molecule has 0 radical (unpaired) electrons. The first-order valence-corrected chi connectivity index (χ1v) is 6.81. The van der Waals surface area contributed by atoms with Gasteiger partial charge in [-0.05, 0) is 29.8 Å². The first kappa shape index (κ1) is 14.3. The Morgan fingerprint density at radius 3 is 3.00 bits per heavy atom. The zero-order valence-corrected chi connectivity index (χ0v) is 12.0. The van der Waals surface area contributed by atoms with E-state index in [1.165, 1.54) is 24.6 Å². The molecule has 1 N–H and O–H groups in total. The van der Waals surface area contributed by atoms with Gasteiger partial charge in [0.25, 0.3) is 5.91 Å². The molecule has 1 aromatic carbocycles. The van der Waals surface area contributed by atoms with Crippen LogP contribution in [0.2, 0.25) is 5.02 Å². The lowest BCUT2D eigenvalue weighted by Gasteiger charge is -2.04. The summed E-state index contributed by atoms with van der Waals surface area (Å²) in [5.74, 6) is -0.528. The number of halogens is 2. The van der Waals surface area contributed by atoms with Crippen molar-refractivity contribution in [3.8, 4) is 0 Å². The van der Waals surface area contributed by atoms with Gasteiger partial charge in [-0.25, -0.2) is 4.39 Å². The van der Waals surface area contributed by atoms with Gasteiger partial charge in [0, 0.05) is 11.2 Å². The minimum atomic E-state index is -0.388. The smallest absolute Gasteiger partial charge is 0.291 e. The van der Waals surface area contributed by atoms with E-state index in [0.29, 0.717) is 17.3 Å². The summed E-state index contributed by atoms with van der Waals surface area (Å²) in [5.41, 5.74) is 1.26. The second-order valence-corrected chi connectivity index (χ2v) is 5.00. The van der Waals surface area contributed by atoms with Crippen molar-refractivity contribution in [2.45, 2.75) is 6.54 Å². The summed E-state index contributed by atoms with van der Waals surface area (Å²) in [5, 5.41) is 7.12. The van der Waals surface area contributed by atoms with Gasteiger partial charge in [0.2, 0.25) is 0 Å². The maximum atomic E-state index is 13.0. The predicted octanol–water partition coefficient (Wildman–Crippen LogP) is 3.57. The molecule has 0 saturated carbocycles. The molecule has 3 rings (SSSR count). The first-order valence-electron chi connectivity index (χ1n) is 6.43. The van der Waals surface area contributed by atoms with Crippen molar-refractivity contribution in [2.24, 2.45) is 0 Å². The van der Waals surface area contributed by atoms with Crippen LogP contribution in [0.15, 0.2) is 53.4 Å². The number of nitrogens with zero attached hydrogens (tertiary/aromatic N) is 2. The van der Waals surface area contributed by atoms with Gasteiger partial charge in [-0.2, -0.15) is 5.10 Å². The summed E-state index contributed by atoms with van der Waals surface area (Å²) in [6, 6.07) is 7.39. The van der Waals surface area contributed by atoms with Crippen molar-refractivity contribution in [1.29, 1.82) is 0 Å². The molecule has 0 bridgehead atoms. The van der Waals surface area contributed by atoms with Crippen LogP contribution in [0.5, 0.6) is 0 Å². The second kappa shape index (κ2) is 6.03. The fourth-order valence-electron chi connectivity index (χ4n) is 1.94. The van der Waals surface area contributed by atoms with E-state index < -0.39 is 0 Å². The number of anilines is 1. The Labute approximate surface area is 130 Å². The van der Waals surface area contributed by atoms with E-state index >= 15 is 0 Å². The Hall–Kier alpha value is -2.60. The largest absolute Gasteiger partial charge is 0.459 e. The van der Waals surface area contributed by atoms with Crippen LogP contribution in [0.25, 0.3) is 0 Å². The van der Waals surface area contributed by atoms with Gasteiger partial charge in [-0.1, -0.05) is 17.7 Å². The molecule has 0 aliphatic carbocycles. The third-order valence-electron chi connectivity index (χ3n) is 2.98. The Morgan fingerprint density at radius 2 is 2.27 bits per heavy atom. The highest BCUT2D eigenvalue weighted by atomic mass is 35.5. The van der Waals surface area contributed by atoms with Crippen LogP contribution < -0.4 is 5.32 Å². The molecule has 5 nitrogen and oxygen atoms in total. The molecule has 0 fully saturated rings. The Kier molecular flexibility index (Phi) is 3.93. The van der Waals surface area contributed by atoms with Crippen molar-refractivity contribution in [1.82, 2.24) is 9.78 Å². The highest BCUT2D eigenvalue weighted by Crippen LogP contribution is 2.19. The van der Waals surface area contributed by atoms with Crippen molar-refractivity contribution < 1.29 is 13.6 Å². The number of furan rings is 1. The van der Waals surface area contributed by atoms with Gasteiger partial charge in [0.05, 0.1) is 24.7 Å². The molecule has 3 aromatic rings. The minimum absolute atomic E-state index is 0.217. The number of carbonyl (C=O) groups excluding carboxylic acids is 1. The lowest BCUT2D eigenvalue weighted by molar-refractivity contribution is 0.0996. The van der Waals surface area contributed by atoms with E-state index in [0.717, 1.165) is 5.56 Å². The fraction of sp³-hybridized carbons (Fsp3) is 0.0667. The normalized spacial score (nSPS) is 10.6. The zero-order chi connectivity index (χ0) is 15.5. The molecular formula is C15H11ClFN3O2. The number of carbonyl (C=O) groups is 1. The number of amides is 1. The Bertz CT molecular complexity index is 799. The third kappa shape index (κ3) is 3.17. The average Bonchev–Trinajstić information content (AvgIpc) is 3.13. The summed E-state index contributed by atoms with van der Waals surface area (Å²) in [6.45, 7) is 0.371. The Balaban J connectivity index is 1.70. The van der Waals surface area contributed by atoms with Gasteiger partial charge in [0.1, 0.15) is 5.82 Å². The van der Waals surface area contributed by atoms with Crippen LogP contribution in [0, 0.1) is 5.82 Å². The van der Waals surface area contributed by atoms with Gasteiger partial charge in [-0.3, -0.25) is 9.48 Å². The van der Waals surface area contributed by atoms with Gasteiger partial charge in [0.15, 0.2) is 5.76 Å². The molecule has 22 heavy (non-hydrogen) atoms. The lowest BCUT2D eigenvalue weighted by atomic mass is 10.2. The van der Waals surface area contributed by atoms with Crippen LogP contribution in [-0.4, -0.2) is 15.7 Å². The molecule has 112 valence electrons. The monoisotopic (exact) mass is 319 g/mol. The predicted molar refractivity (Wildman–Crippen MR) is 79.4 cm³/mol. The number of hydrogen-bond donors (Lipinski definition) is 1. The standard InChI is InChI=1S/C15H11ClFN3O2/c16-13-6-11(17)4-3-10(13)8-20-9-12(7-18-20)19-15(21)14-2-1-5-22-14/h1-7,9H,8H2,(H,19,21). The van der Waals surface area contributed by atoms with Gasteiger partial charge < -0.3 is 9.73 Å². The molecule has 7 heteroatoms. The molecule has 2 heterocycles. The van der Waals surface area contributed by atoms with E-state index in [4.69, 9.17) is 16.0 Å². The Morgan fingerprint density at radius 1 is 1.41 bits per heavy atom. The first-order chi connectivity index (χ1) is 10.6. The summed E-state index contributed by atoms with van der Waals surface area (Å²) < 4.78 is 19.6. The van der Waals surface area contributed by atoms with E-state index in [1.54, 1.807) is 29.1 Å². The maximum Gasteiger partial charge on any atom is 0.291 e. The molecule has 0 atom stereocenters. The fourth-order valence-corrected chi connectivity index (χ4v) is 2.17. The maximum absolute atomic E-state index is 13.0. The van der Waals surface area contributed by atoms with Crippen LogP contribution in [-0.2, 0) is 6.54 Å². The average molecular weight is 320 g/mol. The minimum Gasteiger partial charge on any atom is -0.459 e. The zero-order valence-electron chi connectivity index (χ0n) is 11.3. The van der Waals surface area contributed by atoms with E-state index in [1.807, 2.05) is 0 Å². The van der Waals surface area contributed by atoms with Crippen molar-refractivity contribution >= 4 is 23.2 Å². The molecule has 2 aromatic heterocycles. The highest BCUT2D eigenvalue weighted by molar-refractivity contribution is 6.31. The number of benzene rings is 1. The van der Waals surface area contributed by atoms with E-state index in [2.05, 4.69) is 10.4 Å². The molecule has 0 unspecified atom stereocenters. The quantitative estimate of drug-likeness (QED) is 0.799. The number of rotatable bonds is 4. The molecule has 0 aliphatic rings. The number of nitrogens with one attached hydrogen (secondary N) is 1. The van der Waals surface area contributed by atoms with Crippen molar-refractivity contribution in [3.63, 3.8) is 0 Å². The van der Waals surface area contributed by atoms with Gasteiger partial charge >= 0.3 is 0 Å². The summed E-state index contributed by atoms with van der Waals surface area (Å²) in [7, 11) is 0. The van der Waals surface area contributed by atoms with Gasteiger partial charge in [-0.15, -0.1) is 0 Å². The van der Waals surface area contributed by atoms with E-state index in [-0.39, 0.29) is 17.5 Å². The number of aromatic nitrogens is 2. The third-order valence-corrected chi connectivity index (χ3v) is 3.34. The van der Waals surface area contributed by atoms with Crippen LogP contribution >= 0.6 is 11.6 Å². The molecule has 1 amide bonds. The van der Waals surface area contributed by atoms with Crippen LogP contribution in [0.1, 0.15) is 16.1 Å². The summed E-state index contributed by atoms with van der Waals surface area (Å²) in [6.07, 6.45) is 4.59.